The van der Waals surface area contributed by atoms with E-state index in [0.717, 1.165) is 25.7 Å². The lowest BCUT2D eigenvalue weighted by atomic mass is 9.84. The number of allylic oxidation sites excluding steroid dienone is 1. The van der Waals surface area contributed by atoms with Crippen LogP contribution in [-0.4, -0.2) is 24.2 Å². The summed E-state index contributed by atoms with van der Waals surface area (Å²) in [6.07, 6.45) is 2.99. The number of alkyl halides is 1. The fourth-order valence-corrected chi connectivity index (χ4v) is 2.60. The van der Waals surface area contributed by atoms with Gasteiger partial charge in [0.05, 0.1) is 0 Å². The van der Waals surface area contributed by atoms with Gasteiger partial charge in [0.2, 0.25) is 0 Å². The van der Waals surface area contributed by atoms with Crippen molar-refractivity contribution in [3.63, 3.8) is 0 Å². The molecule has 0 amide bonds. The molecule has 0 spiro atoms. The molecule has 68 valence electrons. The number of hydrogen-bond donors (Lipinski definition) is 0. The maximum Gasteiger partial charge on any atom is 0.101 e. The summed E-state index contributed by atoms with van der Waals surface area (Å²) in [5.41, 5.74) is 1.19. The smallest absolute Gasteiger partial charge is 0.101 e. The first-order valence-electron chi connectivity index (χ1n) is 4.73. The third-order valence-electron chi connectivity index (χ3n) is 3.37. The lowest BCUT2D eigenvalue weighted by molar-refractivity contribution is 0.147. The molecular weight excluding hydrogens is 153 g/mol. The SMILES string of the molecule is C=C1CC2CC(F)CCC2N1C. The zero-order valence-corrected chi connectivity index (χ0v) is 7.59. The number of hydrogen-bond acceptors (Lipinski definition) is 1. The van der Waals surface area contributed by atoms with Gasteiger partial charge >= 0.3 is 0 Å². The Kier molecular flexibility index (Phi) is 1.85. The highest BCUT2D eigenvalue weighted by Gasteiger charge is 2.38. The molecular formula is C10H16FN. The van der Waals surface area contributed by atoms with E-state index in [1.54, 1.807) is 0 Å². The number of nitrogens with zero attached hydrogens (tertiary/aromatic N) is 1. The highest BCUT2D eigenvalue weighted by atomic mass is 19.1. The minimum absolute atomic E-state index is 0.547. The summed E-state index contributed by atoms with van der Waals surface area (Å²) < 4.78 is 13.0. The summed E-state index contributed by atoms with van der Waals surface area (Å²) in [7, 11) is 2.09. The molecule has 1 nitrogen and oxygen atoms in total. The molecule has 2 aliphatic rings. The number of rotatable bonds is 0. The average molecular weight is 169 g/mol. The molecule has 12 heavy (non-hydrogen) atoms. The largest absolute Gasteiger partial charge is 0.375 e. The Morgan fingerprint density at radius 2 is 2.25 bits per heavy atom. The van der Waals surface area contributed by atoms with Crippen molar-refractivity contribution in [1.29, 1.82) is 0 Å². The number of likely N-dealkylation sites (tertiary alicyclic amines) is 1. The van der Waals surface area contributed by atoms with E-state index in [2.05, 4.69) is 18.5 Å². The lowest BCUT2D eigenvalue weighted by Gasteiger charge is -2.31. The van der Waals surface area contributed by atoms with Gasteiger partial charge in [0, 0.05) is 18.8 Å². The van der Waals surface area contributed by atoms with Gasteiger partial charge in [0.15, 0.2) is 0 Å². The molecule has 2 rings (SSSR count). The molecule has 0 bridgehead atoms. The third kappa shape index (κ3) is 1.13. The molecule has 0 aromatic heterocycles. The van der Waals surface area contributed by atoms with E-state index in [-0.39, 0.29) is 0 Å². The van der Waals surface area contributed by atoms with Gasteiger partial charge < -0.3 is 4.90 Å². The number of halogens is 1. The Balaban J connectivity index is 2.09. The molecule has 0 radical (unpaired) electrons. The minimum atomic E-state index is -0.550. The fourth-order valence-electron chi connectivity index (χ4n) is 2.60. The van der Waals surface area contributed by atoms with Gasteiger partial charge in [-0.15, -0.1) is 0 Å². The van der Waals surface area contributed by atoms with Crippen molar-refractivity contribution in [2.45, 2.75) is 37.9 Å². The lowest BCUT2D eigenvalue weighted by Crippen LogP contribution is -2.34. The molecule has 3 unspecified atom stereocenters. The van der Waals surface area contributed by atoms with Crippen molar-refractivity contribution in [3.8, 4) is 0 Å². The summed E-state index contributed by atoms with van der Waals surface area (Å²) in [5.74, 6) is 0.547. The highest BCUT2D eigenvalue weighted by Crippen LogP contribution is 2.40. The molecule has 1 aliphatic heterocycles. The van der Waals surface area contributed by atoms with Crippen LogP contribution < -0.4 is 0 Å². The van der Waals surface area contributed by atoms with Gasteiger partial charge in [-0.25, -0.2) is 4.39 Å². The van der Waals surface area contributed by atoms with E-state index in [4.69, 9.17) is 0 Å². The molecule has 0 aromatic rings. The van der Waals surface area contributed by atoms with Crippen molar-refractivity contribution < 1.29 is 4.39 Å². The van der Waals surface area contributed by atoms with Gasteiger partial charge in [-0.1, -0.05) is 6.58 Å². The van der Waals surface area contributed by atoms with Crippen LogP contribution in [0.4, 0.5) is 4.39 Å². The maximum absolute atomic E-state index is 13.0. The van der Waals surface area contributed by atoms with Crippen LogP contribution >= 0.6 is 0 Å². The van der Waals surface area contributed by atoms with E-state index in [1.165, 1.54) is 5.70 Å². The first-order chi connectivity index (χ1) is 5.68. The van der Waals surface area contributed by atoms with Crippen LogP contribution in [0.25, 0.3) is 0 Å². The molecule has 1 heterocycles. The Hall–Kier alpha value is -0.530. The minimum Gasteiger partial charge on any atom is -0.375 e. The van der Waals surface area contributed by atoms with E-state index in [1.807, 2.05) is 0 Å². The van der Waals surface area contributed by atoms with Crippen molar-refractivity contribution in [2.75, 3.05) is 7.05 Å². The quantitative estimate of drug-likeness (QED) is 0.538. The molecule has 3 atom stereocenters. The molecule has 0 aromatic carbocycles. The van der Waals surface area contributed by atoms with Crippen LogP contribution in [0, 0.1) is 5.92 Å². The summed E-state index contributed by atoms with van der Waals surface area (Å²) in [4.78, 5) is 2.25. The second-order valence-corrected chi connectivity index (χ2v) is 4.12. The second-order valence-electron chi connectivity index (χ2n) is 4.12. The summed E-state index contributed by atoms with van der Waals surface area (Å²) >= 11 is 0. The molecule has 0 N–H and O–H groups in total. The monoisotopic (exact) mass is 169 g/mol. The Labute approximate surface area is 73.2 Å². The van der Waals surface area contributed by atoms with Gasteiger partial charge in [-0.2, -0.15) is 0 Å². The highest BCUT2D eigenvalue weighted by molar-refractivity contribution is 5.08. The standard InChI is InChI=1S/C10H16FN/c1-7-5-8-6-9(11)3-4-10(8)12(7)2/h8-10H,1,3-6H2,2H3. The zero-order chi connectivity index (χ0) is 8.72. The van der Waals surface area contributed by atoms with Crippen molar-refractivity contribution in [3.05, 3.63) is 12.3 Å². The van der Waals surface area contributed by atoms with Crippen molar-refractivity contribution in [1.82, 2.24) is 4.90 Å². The molecule has 2 fully saturated rings. The van der Waals surface area contributed by atoms with E-state index < -0.39 is 6.17 Å². The molecule has 1 saturated heterocycles. The number of fused-ring (bicyclic) bond motifs is 1. The third-order valence-corrected chi connectivity index (χ3v) is 3.37. The van der Waals surface area contributed by atoms with Crippen LogP contribution in [0.3, 0.4) is 0 Å². The van der Waals surface area contributed by atoms with Crippen LogP contribution in [0.15, 0.2) is 12.3 Å². The normalized spacial score (nSPS) is 41.7. The van der Waals surface area contributed by atoms with Crippen molar-refractivity contribution >= 4 is 0 Å². The van der Waals surface area contributed by atoms with Crippen LogP contribution in [0.1, 0.15) is 25.7 Å². The fraction of sp³-hybridized carbons (Fsp3) is 0.800. The zero-order valence-electron chi connectivity index (χ0n) is 7.59. The molecule has 1 saturated carbocycles. The van der Waals surface area contributed by atoms with Gasteiger partial charge in [0.1, 0.15) is 6.17 Å². The van der Waals surface area contributed by atoms with Gasteiger partial charge in [-0.3, -0.25) is 0 Å². The molecule has 1 aliphatic carbocycles. The summed E-state index contributed by atoms with van der Waals surface area (Å²) in [6.45, 7) is 3.99. The van der Waals surface area contributed by atoms with E-state index >= 15 is 0 Å². The Morgan fingerprint density at radius 3 is 3.00 bits per heavy atom. The predicted octanol–water partition coefficient (Wildman–Crippen LogP) is 2.34. The predicted molar refractivity (Wildman–Crippen MR) is 47.5 cm³/mol. The summed E-state index contributed by atoms with van der Waals surface area (Å²) in [6, 6.07) is 0.587. The van der Waals surface area contributed by atoms with Gasteiger partial charge in [-0.05, 0) is 31.6 Å². The van der Waals surface area contributed by atoms with Crippen molar-refractivity contribution in [2.24, 2.45) is 5.92 Å². The van der Waals surface area contributed by atoms with Crippen LogP contribution in [-0.2, 0) is 0 Å². The van der Waals surface area contributed by atoms with Crippen LogP contribution in [0.5, 0.6) is 0 Å². The summed E-state index contributed by atoms with van der Waals surface area (Å²) in [5, 5.41) is 0. The molecule has 2 heteroatoms. The maximum atomic E-state index is 13.0. The van der Waals surface area contributed by atoms with Gasteiger partial charge in [0.25, 0.3) is 0 Å². The Morgan fingerprint density at radius 1 is 1.50 bits per heavy atom. The average Bonchev–Trinajstić information content (AvgIpc) is 2.28. The first-order valence-corrected chi connectivity index (χ1v) is 4.73. The van der Waals surface area contributed by atoms with Crippen LogP contribution in [0.2, 0.25) is 0 Å². The Bertz CT molecular complexity index is 202. The second kappa shape index (κ2) is 2.75. The van der Waals surface area contributed by atoms with E-state index in [9.17, 15) is 4.39 Å². The topological polar surface area (TPSA) is 3.24 Å². The van der Waals surface area contributed by atoms with E-state index in [0.29, 0.717) is 12.0 Å². The first kappa shape index (κ1) is 8.09.